The Hall–Kier alpha value is -2.82. The largest absolute Gasteiger partial charge is 0.456 e. The first-order valence-electron chi connectivity index (χ1n) is 7.40. The number of fused-ring (bicyclic) bond motifs is 1. The fourth-order valence-corrected chi connectivity index (χ4v) is 2.49. The van der Waals surface area contributed by atoms with Crippen LogP contribution in [0.15, 0.2) is 42.7 Å². The molecular weight excluding hydrogens is 290 g/mol. The quantitative estimate of drug-likeness (QED) is 0.706. The van der Waals surface area contributed by atoms with Crippen molar-refractivity contribution in [2.45, 2.75) is 26.4 Å². The predicted molar refractivity (Wildman–Crippen MR) is 91.1 cm³/mol. The number of H-pyrrole nitrogens is 1. The van der Waals surface area contributed by atoms with Crippen LogP contribution >= 0.6 is 0 Å². The van der Waals surface area contributed by atoms with Gasteiger partial charge in [-0.25, -0.2) is 4.79 Å². The number of ether oxygens (including phenoxy) is 1. The molecule has 2 aromatic heterocycles. The highest BCUT2D eigenvalue weighted by molar-refractivity contribution is 6.10. The molecule has 5 nitrogen and oxygen atoms in total. The lowest BCUT2D eigenvalue weighted by molar-refractivity contribution is 0.00728. The van der Waals surface area contributed by atoms with Crippen molar-refractivity contribution in [3.63, 3.8) is 0 Å². The lowest BCUT2D eigenvalue weighted by Crippen LogP contribution is -2.24. The van der Waals surface area contributed by atoms with Crippen molar-refractivity contribution < 1.29 is 9.53 Å². The predicted octanol–water partition coefficient (Wildman–Crippen LogP) is 3.77. The molecule has 0 spiro atoms. The van der Waals surface area contributed by atoms with Crippen LogP contribution in [0.2, 0.25) is 0 Å². The van der Waals surface area contributed by atoms with E-state index in [2.05, 4.69) is 9.97 Å². The summed E-state index contributed by atoms with van der Waals surface area (Å²) in [5.74, 6) is -0.368. The van der Waals surface area contributed by atoms with Gasteiger partial charge < -0.3 is 15.5 Å². The zero-order chi connectivity index (χ0) is 16.6. The summed E-state index contributed by atoms with van der Waals surface area (Å²) >= 11 is 0. The number of hydrogen-bond acceptors (Lipinski definition) is 4. The van der Waals surface area contributed by atoms with Crippen molar-refractivity contribution in [2.24, 2.45) is 0 Å². The van der Waals surface area contributed by atoms with Crippen molar-refractivity contribution >= 4 is 22.6 Å². The Labute approximate surface area is 134 Å². The number of anilines is 1. The number of aromatic amines is 1. The number of nitrogens with one attached hydrogen (secondary N) is 1. The first-order valence-corrected chi connectivity index (χ1v) is 7.40. The van der Waals surface area contributed by atoms with Gasteiger partial charge in [0.15, 0.2) is 0 Å². The third-order valence-electron chi connectivity index (χ3n) is 3.36. The molecule has 0 amide bonds. The Morgan fingerprint density at radius 1 is 1.22 bits per heavy atom. The first kappa shape index (κ1) is 15.1. The van der Waals surface area contributed by atoms with E-state index in [9.17, 15) is 4.79 Å². The smallest absolute Gasteiger partial charge is 0.341 e. The average Bonchev–Trinajstić information content (AvgIpc) is 2.85. The molecule has 1 aromatic carbocycles. The van der Waals surface area contributed by atoms with Gasteiger partial charge in [-0.3, -0.25) is 4.98 Å². The first-order chi connectivity index (χ1) is 10.8. The summed E-state index contributed by atoms with van der Waals surface area (Å²) in [6.45, 7) is 5.55. The molecule has 3 aromatic rings. The number of pyridine rings is 1. The van der Waals surface area contributed by atoms with Crippen LogP contribution in [0.1, 0.15) is 31.1 Å². The molecule has 0 aliphatic rings. The molecule has 0 bridgehead atoms. The number of nitrogens with two attached hydrogens (primary N) is 1. The van der Waals surface area contributed by atoms with E-state index in [1.807, 2.05) is 45.0 Å². The highest BCUT2D eigenvalue weighted by Gasteiger charge is 2.25. The number of carbonyl (C=O) groups excluding carboxylic acids is 1. The molecule has 0 radical (unpaired) electrons. The second-order valence-electron chi connectivity index (χ2n) is 6.43. The van der Waals surface area contributed by atoms with Gasteiger partial charge in [-0.2, -0.15) is 0 Å². The molecule has 0 saturated heterocycles. The van der Waals surface area contributed by atoms with E-state index in [0.29, 0.717) is 16.9 Å². The van der Waals surface area contributed by atoms with Crippen molar-refractivity contribution in [3.8, 4) is 11.3 Å². The van der Waals surface area contributed by atoms with Crippen LogP contribution in [-0.2, 0) is 4.74 Å². The summed E-state index contributed by atoms with van der Waals surface area (Å²) in [4.78, 5) is 20.1. The van der Waals surface area contributed by atoms with Gasteiger partial charge in [0.1, 0.15) is 5.60 Å². The minimum atomic E-state index is -0.569. The van der Waals surface area contributed by atoms with Crippen LogP contribution in [0.3, 0.4) is 0 Å². The number of nitrogens with zero attached hydrogens (tertiary/aromatic N) is 1. The zero-order valence-electron chi connectivity index (χ0n) is 13.4. The lowest BCUT2D eigenvalue weighted by atomic mass is 10.1. The van der Waals surface area contributed by atoms with Gasteiger partial charge in [0.2, 0.25) is 0 Å². The maximum absolute atomic E-state index is 12.7. The summed E-state index contributed by atoms with van der Waals surface area (Å²) in [6, 6.07) is 9.41. The molecule has 0 aliphatic heterocycles. The molecule has 0 fully saturated rings. The fraction of sp³-hybridized carbons (Fsp3) is 0.222. The molecule has 2 heterocycles. The van der Waals surface area contributed by atoms with E-state index in [1.54, 1.807) is 18.5 Å². The zero-order valence-corrected chi connectivity index (χ0v) is 13.4. The van der Waals surface area contributed by atoms with Gasteiger partial charge in [0.25, 0.3) is 0 Å². The minimum Gasteiger partial charge on any atom is -0.456 e. The Kier molecular flexibility index (Phi) is 3.56. The van der Waals surface area contributed by atoms with Gasteiger partial charge in [-0.05, 0) is 32.9 Å². The molecule has 3 rings (SSSR count). The standard InChI is InChI=1S/C18H19N3O2/c1-18(2,3)23-17(22)15-13-6-4-5-7-14(13)21-16(15)11-8-12(19)10-20-9-11/h4-10,21H,19H2,1-3H3. The summed E-state index contributed by atoms with van der Waals surface area (Å²) in [6.07, 6.45) is 3.24. The van der Waals surface area contributed by atoms with Gasteiger partial charge in [-0.15, -0.1) is 0 Å². The van der Waals surface area contributed by atoms with Crippen LogP contribution in [0, 0.1) is 0 Å². The van der Waals surface area contributed by atoms with Gasteiger partial charge in [-0.1, -0.05) is 18.2 Å². The maximum atomic E-state index is 12.7. The molecule has 0 aliphatic carbocycles. The Balaban J connectivity index is 2.21. The number of benzene rings is 1. The van der Waals surface area contributed by atoms with E-state index >= 15 is 0 Å². The van der Waals surface area contributed by atoms with E-state index in [1.165, 1.54) is 0 Å². The minimum absolute atomic E-state index is 0.368. The number of esters is 1. The number of hydrogen-bond donors (Lipinski definition) is 2. The van der Waals surface area contributed by atoms with Crippen LogP contribution in [-0.4, -0.2) is 21.5 Å². The molecular formula is C18H19N3O2. The second kappa shape index (κ2) is 5.43. The van der Waals surface area contributed by atoms with Gasteiger partial charge in [0.05, 0.1) is 16.9 Å². The maximum Gasteiger partial charge on any atom is 0.341 e. The van der Waals surface area contributed by atoms with Crippen molar-refractivity contribution in [3.05, 3.63) is 48.3 Å². The van der Waals surface area contributed by atoms with Crippen molar-refractivity contribution in [1.82, 2.24) is 9.97 Å². The number of nitrogen functional groups attached to an aromatic ring is 1. The molecule has 0 unspecified atom stereocenters. The van der Waals surface area contributed by atoms with Crippen molar-refractivity contribution in [1.29, 1.82) is 0 Å². The molecule has 5 heteroatoms. The summed E-state index contributed by atoms with van der Waals surface area (Å²) in [5, 5.41) is 0.819. The topological polar surface area (TPSA) is 81.0 Å². The van der Waals surface area contributed by atoms with E-state index in [4.69, 9.17) is 10.5 Å². The average molecular weight is 309 g/mol. The Morgan fingerprint density at radius 2 is 1.96 bits per heavy atom. The molecule has 3 N–H and O–H groups in total. The summed E-state index contributed by atoms with van der Waals surface area (Å²) < 4.78 is 5.57. The van der Waals surface area contributed by atoms with E-state index < -0.39 is 5.60 Å². The number of aromatic nitrogens is 2. The summed E-state index contributed by atoms with van der Waals surface area (Å²) in [7, 11) is 0. The molecule has 0 saturated carbocycles. The van der Waals surface area contributed by atoms with Crippen LogP contribution in [0.25, 0.3) is 22.2 Å². The Morgan fingerprint density at radius 3 is 2.65 bits per heavy atom. The molecule has 0 atom stereocenters. The highest BCUT2D eigenvalue weighted by Crippen LogP contribution is 2.32. The number of carbonyl (C=O) groups is 1. The highest BCUT2D eigenvalue weighted by atomic mass is 16.6. The van der Waals surface area contributed by atoms with Gasteiger partial charge >= 0.3 is 5.97 Å². The van der Waals surface area contributed by atoms with Crippen LogP contribution in [0.5, 0.6) is 0 Å². The third kappa shape index (κ3) is 3.04. The third-order valence-corrected chi connectivity index (χ3v) is 3.36. The second-order valence-corrected chi connectivity index (χ2v) is 6.43. The number of para-hydroxylation sites is 1. The van der Waals surface area contributed by atoms with Crippen molar-refractivity contribution in [2.75, 3.05) is 5.73 Å². The fourth-order valence-electron chi connectivity index (χ4n) is 2.49. The summed E-state index contributed by atoms with van der Waals surface area (Å²) in [5.41, 5.74) is 8.58. The van der Waals surface area contributed by atoms with Gasteiger partial charge in [0, 0.05) is 28.9 Å². The Bertz CT molecular complexity index is 875. The van der Waals surface area contributed by atoms with Crippen LogP contribution in [0.4, 0.5) is 5.69 Å². The molecule has 118 valence electrons. The van der Waals surface area contributed by atoms with Crippen LogP contribution < -0.4 is 5.73 Å². The monoisotopic (exact) mass is 309 g/mol. The number of rotatable bonds is 2. The van der Waals surface area contributed by atoms with E-state index in [0.717, 1.165) is 16.5 Å². The normalized spacial score (nSPS) is 11.6. The SMILES string of the molecule is CC(C)(C)OC(=O)c1c(-c2cncc(N)c2)[nH]c2ccccc12. The lowest BCUT2D eigenvalue weighted by Gasteiger charge is -2.19. The molecule has 23 heavy (non-hydrogen) atoms. The van der Waals surface area contributed by atoms with E-state index in [-0.39, 0.29) is 5.97 Å².